The Morgan fingerprint density at radius 3 is 2.76 bits per heavy atom. The minimum absolute atomic E-state index is 0.290. The van der Waals surface area contributed by atoms with E-state index in [1.807, 2.05) is 31.2 Å². The highest BCUT2D eigenvalue weighted by atomic mass is 32.2. The van der Waals surface area contributed by atoms with Crippen LogP contribution in [-0.2, 0) is 23.0 Å². The average molecular weight is 302 g/mol. The third kappa shape index (κ3) is 3.09. The summed E-state index contributed by atoms with van der Waals surface area (Å²) in [5, 5.41) is 3.29. The van der Waals surface area contributed by atoms with Crippen LogP contribution in [0.15, 0.2) is 47.4 Å². The van der Waals surface area contributed by atoms with E-state index in [1.54, 1.807) is 18.2 Å². The first kappa shape index (κ1) is 14.1. The van der Waals surface area contributed by atoms with Gasteiger partial charge in [0.25, 0.3) is 10.0 Å². The molecule has 2 aromatic carbocycles. The molecular formula is C16H18N2O2S. The Labute approximate surface area is 125 Å². The average Bonchev–Trinajstić information content (AvgIpc) is 2.47. The van der Waals surface area contributed by atoms with Gasteiger partial charge in [-0.2, -0.15) is 0 Å². The molecule has 0 radical (unpaired) electrons. The Kier molecular flexibility index (Phi) is 3.69. The minimum Gasteiger partial charge on any atom is -0.312 e. The number of sulfonamides is 1. The number of anilines is 1. The van der Waals surface area contributed by atoms with Crippen molar-refractivity contribution in [1.29, 1.82) is 0 Å². The van der Waals surface area contributed by atoms with Crippen molar-refractivity contribution in [3.05, 3.63) is 59.2 Å². The van der Waals surface area contributed by atoms with Crippen LogP contribution in [0.25, 0.3) is 0 Å². The van der Waals surface area contributed by atoms with Crippen molar-refractivity contribution < 1.29 is 8.42 Å². The molecule has 4 nitrogen and oxygen atoms in total. The van der Waals surface area contributed by atoms with E-state index in [0.29, 0.717) is 10.6 Å². The summed E-state index contributed by atoms with van der Waals surface area (Å²) in [6.45, 7) is 3.64. The summed E-state index contributed by atoms with van der Waals surface area (Å²) in [6.07, 6.45) is 0.986. The SMILES string of the molecule is Cc1cccc(S(=O)(=O)Nc2ccc3c(c2)CNCC3)c1. The van der Waals surface area contributed by atoms with E-state index in [-0.39, 0.29) is 0 Å². The van der Waals surface area contributed by atoms with Crippen molar-refractivity contribution in [2.24, 2.45) is 0 Å². The summed E-state index contributed by atoms with van der Waals surface area (Å²) in [5.41, 5.74) is 3.98. The van der Waals surface area contributed by atoms with Crippen LogP contribution in [0.1, 0.15) is 16.7 Å². The molecule has 0 atom stereocenters. The lowest BCUT2D eigenvalue weighted by atomic mass is 10.0. The van der Waals surface area contributed by atoms with Crippen LogP contribution in [-0.4, -0.2) is 15.0 Å². The molecule has 0 amide bonds. The molecule has 1 heterocycles. The molecule has 110 valence electrons. The molecule has 0 bridgehead atoms. The highest BCUT2D eigenvalue weighted by molar-refractivity contribution is 7.92. The number of rotatable bonds is 3. The van der Waals surface area contributed by atoms with Crippen LogP contribution >= 0.6 is 0 Å². The predicted octanol–water partition coefficient (Wildman–Crippen LogP) is 2.44. The van der Waals surface area contributed by atoms with Crippen LogP contribution < -0.4 is 10.0 Å². The number of aryl methyl sites for hydroxylation is 1. The van der Waals surface area contributed by atoms with Gasteiger partial charge in [0.15, 0.2) is 0 Å². The maximum Gasteiger partial charge on any atom is 0.261 e. The maximum absolute atomic E-state index is 12.4. The molecule has 1 aliphatic heterocycles. The highest BCUT2D eigenvalue weighted by Gasteiger charge is 2.15. The maximum atomic E-state index is 12.4. The van der Waals surface area contributed by atoms with Crippen LogP contribution in [0.5, 0.6) is 0 Å². The smallest absolute Gasteiger partial charge is 0.261 e. The lowest BCUT2D eigenvalue weighted by Crippen LogP contribution is -2.23. The van der Waals surface area contributed by atoms with Gasteiger partial charge in [0.05, 0.1) is 4.90 Å². The fourth-order valence-corrected chi connectivity index (χ4v) is 3.69. The number of benzene rings is 2. The van der Waals surface area contributed by atoms with E-state index >= 15 is 0 Å². The molecule has 0 aromatic heterocycles. The summed E-state index contributed by atoms with van der Waals surface area (Å²) in [6, 6.07) is 12.7. The molecule has 0 spiro atoms. The van der Waals surface area contributed by atoms with Crippen molar-refractivity contribution in [2.45, 2.75) is 24.8 Å². The molecule has 5 heteroatoms. The van der Waals surface area contributed by atoms with Gasteiger partial charge in [0.2, 0.25) is 0 Å². The zero-order chi connectivity index (χ0) is 14.9. The van der Waals surface area contributed by atoms with Crippen molar-refractivity contribution >= 4 is 15.7 Å². The van der Waals surface area contributed by atoms with Gasteiger partial charge >= 0.3 is 0 Å². The lowest BCUT2D eigenvalue weighted by molar-refractivity contribution is 0.601. The van der Waals surface area contributed by atoms with Crippen LogP contribution in [0.2, 0.25) is 0 Å². The van der Waals surface area contributed by atoms with Gasteiger partial charge in [0, 0.05) is 12.2 Å². The number of nitrogens with one attached hydrogen (secondary N) is 2. The second kappa shape index (κ2) is 5.50. The van der Waals surface area contributed by atoms with Gasteiger partial charge in [-0.25, -0.2) is 8.42 Å². The Hall–Kier alpha value is -1.85. The topological polar surface area (TPSA) is 58.2 Å². The lowest BCUT2D eigenvalue weighted by Gasteiger charge is -2.18. The van der Waals surface area contributed by atoms with Crippen molar-refractivity contribution in [2.75, 3.05) is 11.3 Å². The highest BCUT2D eigenvalue weighted by Crippen LogP contribution is 2.22. The minimum atomic E-state index is -3.53. The first-order chi connectivity index (χ1) is 10.0. The number of hydrogen-bond acceptors (Lipinski definition) is 3. The van der Waals surface area contributed by atoms with E-state index in [4.69, 9.17) is 0 Å². The van der Waals surface area contributed by atoms with E-state index in [1.165, 1.54) is 5.56 Å². The molecule has 1 aliphatic rings. The molecule has 0 unspecified atom stereocenters. The Morgan fingerprint density at radius 2 is 1.95 bits per heavy atom. The third-order valence-corrected chi connectivity index (χ3v) is 5.02. The fraction of sp³-hybridized carbons (Fsp3) is 0.250. The van der Waals surface area contributed by atoms with Gasteiger partial charge in [-0.3, -0.25) is 4.72 Å². The standard InChI is InChI=1S/C16H18N2O2S/c1-12-3-2-4-16(9-12)21(19,20)18-15-6-5-13-7-8-17-11-14(13)10-15/h2-6,9-10,17-18H,7-8,11H2,1H3. The molecule has 3 rings (SSSR count). The molecule has 0 saturated heterocycles. The van der Waals surface area contributed by atoms with Gasteiger partial charge < -0.3 is 5.32 Å². The summed E-state index contributed by atoms with van der Waals surface area (Å²) >= 11 is 0. The van der Waals surface area contributed by atoms with Crippen LogP contribution in [0.4, 0.5) is 5.69 Å². The van der Waals surface area contributed by atoms with E-state index in [0.717, 1.165) is 30.6 Å². The summed E-state index contributed by atoms with van der Waals surface area (Å²) in [4.78, 5) is 0.290. The zero-order valence-electron chi connectivity index (χ0n) is 11.9. The van der Waals surface area contributed by atoms with Gasteiger partial charge in [-0.15, -0.1) is 0 Å². The fourth-order valence-electron chi connectivity index (χ4n) is 2.54. The molecular weight excluding hydrogens is 284 g/mol. The molecule has 0 fully saturated rings. The monoisotopic (exact) mass is 302 g/mol. The molecule has 21 heavy (non-hydrogen) atoms. The summed E-state index contributed by atoms with van der Waals surface area (Å²) in [5.74, 6) is 0. The number of hydrogen-bond donors (Lipinski definition) is 2. The van der Waals surface area contributed by atoms with Gasteiger partial charge in [-0.05, 0) is 60.8 Å². The summed E-state index contributed by atoms with van der Waals surface area (Å²) < 4.78 is 27.4. The second-order valence-electron chi connectivity index (χ2n) is 5.33. The molecule has 2 aromatic rings. The molecule has 0 saturated carbocycles. The number of fused-ring (bicyclic) bond motifs is 1. The van der Waals surface area contributed by atoms with Crippen LogP contribution in [0, 0.1) is 6.92 Å². The molecule has 2 N–H and O–H groups in total. The first-order valence-electron chi connectivity index (χ1n) is 6.97. The van der Waals surface area contributed by atoms with E-state index in [9.17, 15) is 8.42 Å². The van der Waals surface area contributed by atoms with Crippen molar-refractivity contribution in [3.8, 4) is 0 Å². The van der Waals surface area contributed by atoms with E-state index in [2.05, 4.69) is 10.0 Å². The van der Waals surface area contributed by atoms with Crippen molar-refractivity contribution in [1.82, 2.24) is 5.32 Å². The normalized spacial score (nSPS) is 14.5. The first-order valence-corrected chi connectivity index (χ1v) is 8.45. The van der Waals surface area contributed by atoms with Crippen LogP contribution in [0.3, 0.4) is 0 Å². The Morgan fingerprint density at radius 1 is 1.10 bits per heavy atom. The van der Waals surface area contributed by atoms with E-state index < -0.39 is 10.0 Å². The largest absolute Gasteiger partial charge is 0.312 e. The quantitative estimate of drug-likeness (QED) is 0.915. The predicted molar refractivity (Wildman–Crippen MR) is 83.8 cm³/mol. The van der Waals surface area contributed by atoms with Crippen molar-refractivity contribution in [3.63, 3.8) is 0 Å². The third-order valence-electron chi connectivity index (χ3n) is 3.64. The second-order valence-corrected chi connectivity index (χ2v) is 7.01. The Bertz CT molecular complexity index is 770. The molecule has 0 aliphatic carbocycles. The Balaban J connectivity index is 1.89. The zero-order valence-corrected chi connectivity index (χ0v) is 12.7. The summed E-state index contributed by atoms with van der Waals surface area (Å²) in [7, 11) is -3.53. The van der Waals surface area contributed by atoms with Gasteiger partial charge in [0.1, 0.15) is 0 Å². The van der Waals surface area contributed by atoms with Gasteiger partial charge in [-0.1, -0.05) is 18.2 Å².